The van der Waals surface area contributed by atoms with E-state index in [1.54, 1.807) is 0 Å². The smallest absolute Gasteiger partial charge is 0.400 e. The number of hydrogen-bond donors (Lipinski definition) is 1. The summed E-state index contributed by atoms with van der Waals surface area (Å²) in [5.41, 5.74) is 2.89. The highest BCUT2D eigenvalue weighted by molar-refractivity contribution is 9.08. The van der Waals surface area contributed by atoms with Gasteiger partial charge in [-0.2, -0.15) is 0 Å². The summed E-state index contributed by atoms with van der Waals surface area (Å²) in [6.45, 7) is 9.05. The lowest BCUT2D eigenvalue weighted by Gasteiger charge is -2.32. The molecule has 0 bridgehead atoms. The van der Waals surface area contributed by atoms with Gasteiger partial charge in [-0.25, -0.2) is 0 Å². The third-order valence-corrected chi connectivity index (χ3v) is 5.04. The molecule has 120 valence electrons. The van der Waals surface area contributed by atoms with Gasteiger partial charge in [0.1, 0.15) is 0 Å². The quantitative estimate of drug-likeness (QED) is 0.635. The summed E-state index contributed by atoms with van der Waals surface area (Å²) in [5, 5.41) is 4.06. The fourth-order valence-electron chi connectivity index (χ4n) is 2.38. The molecule has 0 radical (unpaired) electrons. The Morgan fingerprint density at radius 2 is 1.86 bits per heavy atom. The monoisotopic (exact) mass is 365 g/mol. The van der Waals surface area contributed by atoms with Crippen LogP contribution in [0, 0.1) is 0 Å². The van der Waals surface area contributed by atoms with Crippen molar-refractivity contribution in [1.29, 1.82) is 0 Å². The molecule has 1 aromatic carbocycles. The maximum Gasteiger partial charge on any atom is 0.491 e. The number of likely N-dealkylation sites (N-methyl/N-ethyl adjacent to an activating group) is 1. The van der Waals surface area contributed by atoms with Gasteiger partial charge in [-0.15, -0.1) is 0 Å². The first-order chi connectivity index (χ1) is 10.3. The van der Waals surface area contributed by atoms with Gasteiger partial charge >= 0.3 is 7.12 Å². The van der Waals surface area contributed by atoms with Crippen LogP contribution >= 0.6 is 15.9 Å². The molecule has 5 heteroatoms. The van der Waals surface area contributed by atoms with Gasteiger partial charge in [0.2, 0.25) is 0 Å². The number of benzene rings is 1. The van der Waals surface area contributed by atoms with E-state index in [0.29, 0.717) is 0 Å². The van der Waals surface area contributed by atoms with Gasteiger partial charge in [0.25, 0.3) is 0 Å². The minimum atomic E-state index is -0.317. The van der Waals surface area contributed by atoms with Crippen molar-refractivity contribution in [2.45, 2.75) is 44.2 Å². The van der Waals surface area contributed by atoms with Gasteiger partial charge in [-0.3, -0.25) is 0 Å². The largest absolute Gasteiger partial charge is 0.491 e. The van der Waals surface area contributed by atoms with Crippen LogP contribution in [0.5, 0.6) is 0 Å². The molecular formula is C17H25BBrNO2. The van der Waals surface area contributed by atoms with Crippen molar-refractivity contribution >= 4 is 29.1 Å². The van der Waals surface area contributed by atoms with Gasteiger partial charge < -0.3 is 14.6 Å². The Balaban J connectivity index is 2.29. The fourth-order valence-corrected chi connectivity index (χ4v) is 2.73. The van der Waals surface area contributed by atoms with Gasteiger partial charge in [0, 0.05) is 11.9 Å². The molecule has 0 atom stereocenters. The van der Waals surface area contributed by atoms with Crippen molar-refractivity contribution < 1.29 is 9.31 Å². The molecule has 0 aromatic heterocycles. The summed E-state index contributed by atoms with van der Waals surface area (Å²) in [5.74, 6) is 0. The average Bonchev–Trinajstić information content (AvgIpc) is 2.67. The minimum Gasteiger partial charge on any atom is -0.400 e. The zero-order valence-corrected chi connectivity index (χ0v) is 15.7. The second-order valence-electron chi connectivity index (χ2n) is 6.72. The molecule has 1 saturated heterocycles. The normalized spacial score (nSPS) is 20.5. The Hall–Kier alpha value is -0.615. The average molecular weight is 366 g/mol. The lowest BCUT2D eigenvalue weighted by molar-refractivity contribution is 0.00578. The van der Waals surface area contributed by atoms with E-state index in [2.05, 4.69) is 79.3 Å². The second-order valence-corrected chi connectivity index (χ2v) is 7.28. The summed E-state index contributed by atoms with van der Waals surface area (Å²) in [4.78, 5) is 0. The van der Waals surface area contributed by atoms with E-state index in [-0.39, 0.29) is 18.3 Å². The number of nitrogens with one attached hydrogen (secondary N) is 1. The number of halogens is 1. The highest BCUT2D eigenvalue weighted by atomic mass is 79.9. The number of hydrogen-bond acceptors (Lipinski definition) is 3. The predicted octanol–water partition coefficient (Wildman–Crippen LogP) is 3.82. The summed E-state index contributed by atoms with van der Waals surface area (Å²) < 4.78 is 12.3. The fraction of sp³-hybridized carbons (Fsp3) is 0.529. The Morgan fingerprint density at radius 3 is 2.41 bits per heavy atom. The second kappa shape index (κ2) is 6.87. The van der Waals surface area contributed by atoms with Crippen LogP contribution < -0.4 is 5.32 Å². The number of rotatable bonds is 5. The molecule has 0 amide bonds. The molecule has 1 N–H and O–H groups in total. The first-order valence-corrected chi connectivity index (χ1v) is 8.77. The van der Waals surface area contributed by atoms with Gasteiger partial charge in [0.05, 0.1) is 11.2 Å². The van der Waals surface area contributed by atoms with Crippen LogP contribution in [0.2, 0.25) is 0 Å². The van der Waals surface area contributed by atoms with Crippen LogP contribution in [-0.4, -0.2) is 31.9 Å². The lowest BCUT2D eigenvalue weighted by Crippen LogP contribution is -2.41. The third kappa shape index (κ3) is 3.83. The van der Waals surface area contributed by atoms with Crippen LogP contribution in [0.4, 0.5) is 0 Å². The minimum absolute atomic E-state index is 0.315. The number of alkyl halides is 1. The molecule has 1 aliphatic heterocycles. The van der Waals surface area contributed by atoms with Crippen molar-refractivity contribution in [3.8, 4) is 0 Å². The zero-order chi connectivity index (χ0) is 16.4. The Bertz CT molecular complexity index is 541. The first kappa shape index (κ1) is 17.7. The molecular weight excluding hydrogens is 341 g/mol. The maximum absolute atomic E-state index is 6.17. The van der Waals surface area contributed by atoms with Crippen molar-refractivity contribution in [3.63, 3.8) is 0 Å². The van der Waals surface area contributed by atoms with E-state index in [4.69, 9.17) is 9.31 Å². The first-order valence-electron chi connectivity index (χ1n) is 7.64. The van der Waals surface area contributed by atoms with Gasteiger partial charge in [-0.05, 0) is 51.3 Å². The molecule has 1 fully saturated rings. The summed E-state index contributed by atoms with van der Waals surface area (Å²) >= 11 is 3.50. The molecule has 1 heterocycles. The third-order valence-electron chi connectivity index (χ3n) is 4.39. The van der Waals surface area contributed by atoms with E-state index in [9.17, 15) is 0 Å². The molecule has 22 heavy (non-hydrogen) atoms. The molecule has 1 aromatic rings. The summed E-state index contributed by atoms with van der Waals surface area (Å²) in [6.07, 6.45) is 2.16. The van der Waals surface area contributed by atoms with Crippen LogP contribution in [0.1, 0.15) is 38.8 Å². The molecule has 0 unspecified atom stereocenters. The maximum atomic E-state index is 6.17. The van der Waals surface area contributed by atoms with Crippen LogP contribution in [0.25, 0.3) is 6.08 Å². The van der Waals surface area contributed by atoms with Crippen molar-refractivity contribution in [2.75, 3.05) is 13.6 Å². The molecule has 3 nitrogen and oxygen atoms in total. The van der Waals surface area contributed by atoms with E-state index >= 15 is 0 Å². The Kier molecular flexibility index (Phi) is 5.54. The SMILES string of the molecule is CNCC(=Cc1cccc(CBr)c1)B1OC(C)(C)C(C)(C)O1. The topological polar surface area (TPSA) is 30.5 Å². The van der Waals surface area contributed by atoms with Crippen molar-refractivity contribution in [3.05, 3.63) is 40.9 Å². The Morgan fingerprint density at radius 1 is 1.23 bits per heavy atom. The van der Waals surface area contributed by atoms with Crippen molar-refractivity contribution in [1.82, 2.24) is 5.32 Å². The predicted molar refractivity (Wildman–Crippen MR) is 97.1 cm³/mol. The lowest BCUT2D eigenvalue weighted by atomic mass is 9.77. The van der Waals surface area contributed by atoms with E-state index in [0.717, 1.165) is 22.9 Å². The van der Waals surface area contributed by atoms with Crippen LogP contribution in [0.15, 0.2) is 29.7 Å². The van der Waals surface area contributed by atoms with E-state index < -0.39 is 0 Å². The van der Waals surface area contributed by atoms with E-state index in [1.165, 1.54) is 5.56 Å². The Labute approximate surface area is 142 Å². The van der Waals surface area contributed by atoms with Gasteiger partial charge in [0.15, 0.2) is 0 Å². The molecule has 0 spiro atoms. The standard InChI is InChI=1S/C17H25BBrNO2/c1-16(2)17(3,4)22-18(21-16)15(12-20-5)10-13-7-6-8-14(9-13)11-19/h6-10,20H,11-12H2,1-5H3. The highest BCUT2D eigenvalue weighted by Gasteiger charge is 2.52. The summed E-state index contributed by atoms with van der Waals surface area (Å²) in [6, 6.07) is 8.46. The molecule has 1 aliphatic rings. The molecule has 0 saturated carbocycles. The summed E-state index contributed by atoms with van der Waals surface area (Å²) in [7, 11) is 1.62. The van der Waals surface area contributed by atoms with E-state index in [1.807, 2.05) is 7.05 Å². The van der Waals surface area contributed by atoms with Crippen LogP contribution in [0.3, 0.4) is 0 Å². The highest BCUT2D eigenvalue weighted by Crippen LogP contribution is 2.38. The van der Waals surface area contributed by atoms with Crippen molar-refractivity contribution in [2.24, 2.45) is 0 Å². The van der Waals surface area contributed by atoms with Crippen LogP contribution in [-0.2, 0) is 14.6 Å². The zero-order valence-electron chi connectivity index (χ0n) is 14.1. The molecule has 2 rings (SSSR count). The van der Waals surface area contributed by atoms with Gasteiger partial charge in [-0.1, -0.05) is 46.3 Å². The molecule has 0 aliphatic carbocycles.